The largest absolute Gasteiger partial charge is 0.313 e. The summed E-state index contributed by atoms with van der Waals surface area (Å²) in [6.07, 6.45) is 0. The van der Waals surface area contributed by atoms with Crippen LogP contribution in [0.5, 0.6) is 0 Å². The molecule has 2 nitrogen and oxygen atoms in total. The van der Waals surface area contributed by atoms with Gasteiger partial charge in [-0.15, -0.1) is 0 Å². The molecule has 0 bridgehead atoms. The van der Waals surface area contributed by atoms with Gasteiger partial charge in [-0.25, -0.2) is 0 Å². The van der Waals surface area contributed by atoms with Crippen LogP contribution >= 0.6 is 0 Å². The Balaban J connectivity index is 0.000000200. The molecule has 0 aliphatic rings. The summed E-state index contributed by atoms with van der Waals surface area (Å²) >= 11 is 0. The van der Waals surface area contributed by atoms with Gasteiger partial charge in [0.25, 0.3) is 0 Å². The van der Waals surface area contributed by atoms with Crippen molar-refractivity contribution in [2.75, 3.05) is 14.1 Å². The smallest absolute Gasteiger partial charge is 0.0386 e. The second-order valence-electron chi connectivity index (χ2n) is 4.60. The van der Waals surface area contributed by atoms with Crippen LogP contribution in [0.4, 0.5) is 0 Å². The maximum atomic E-state index is 4.08. The average molecular weight is 268 g/mol. The van der Waals surface area contributed by atoms with E-state index in [1.54, 1.807) is 0 Å². The Kier molecular flexibility index (Phi) is 7.30. The molecule has 2 rings (SSSR count). The number of rotatable bonds is 3. The van der Waals surface area contributed by atoms with E-state index in [2.05, 4.69) is 53.6 Å². The Hall–Kier alpha value is -1.93. The number of aliphatic imine (C=N–C) groups is 1. The van der Waals surface area contributed by atoms with Gasteiger partial charge in [0, 0.05) is 18.8 Å². The normalized spacial score (nSPS) is 12.3. The number of nitrogens with zero attached hydrogens (tertiary/aromatic N) is 1. The van der Waals surface area contributed by atoms with Crippen molar-refractivity contribution in [3.8, 4) is 0 Å². The summed E-state index contributed by atoms with van der Waals surface area (Å²) in [4.78, 5) is 4.08. The fourth-order valence-electron chi connectivity index (χ4n) is 1.72. The standard InChI is InChI=1S/C9H13N.C9H11N/c2*1-8(10-2)9-6-4-3-5-7-9/h3-8,10H,1-2H3;3-7H,1-2H3. The molecule has 0 saturated heterocycles. The van der Waals surface area contributed by atoms with Crippen molar-refractivity contribution in [3.05, 3.63) is 71.8 Å². The summed E-state index contributed by atoms with van der Waals surface area (Å²) in [5.74, 6) is 0. The van der Waals surface area contributed by atoms with Gasteiger partial charge in [0.1, 0.15) is 0 Å². The first-order valence-electron chi connectivity index (χ1n) is 6.90. The van der Waals surface area contributed by atoms with E-state index in [0.717, 1.165) is 5.71 Å². The maximum absolute atomic E-state index is 4.08. The fourth-order valence-corrected chi connectivity index (χ4v) is 1.72. The van der Waals surface area contributed by atoms with Crippen molar-refractivity contribution in [1.82, 2.24) is 5.32 Å². The van der Waals surface area contributed by atoms with E-state index >= 15 is 0 Å². The zero-order chi connectivity index (χ0) is 14.8. The Morgan fingerprint density at radius 2 is 1.45 bits per heavy atom. The zero-order valence-electron chi connectivity index (χ0n) is 12.8. The van der Waals surface area contributed by atoms with Crippen LogP contribution in [0.15, 0.2) is 65.7 Å². The van der Waals surface area contributed by atoms with Crippen LogP contribution in [0.3, 0.4) is 0 Å². The van der Waals surface area contributed by atoms with Crippen LogP contribution in [0.25, 0.3) is 0 Å². The molecule has 2 aromatic carbocycles. The van der Waals surface area contributed by atoms with Gasteiger partial charge in [-0.3, -0.25) is 4.99 Å². The first-order valence-corrected chi connectivity index (χ1v) is 6.90. The van der Waals surface area contributed by atoms with Crippen LogP contribution in [0.1, 0.15) is 31.0 Å². The van der Waals surface area contributed by atoms with Gasteiger partial charge in [-0.05, 0) is 32.0 Å². The molecule has 0 heterocycles. The minimum Gasteiger partial charge on any atom is -0.313 e. The Bertz CT molecular complexity index is 503. The molecule has 0 saturated carbocycles. The third kappa shape index (κ3) is 5.37. The van der Waals surface area contributed by atoms with Crippen molar-refractivity contribution in [2.24, 2.45) is 4.99 Å². The summed E-state index contributed by atoms with van der Waals surface area (Å²) in [7, 11) is 3.78. The average Bonchev–Trinajstić information content (AvgIpc) is 2.55. The van der Waals surface area contributed by atoms with Crippen LogP contribution in [-0.4, -0.2) is 19.8 Å². The van der Waals surface area contributed by atoms with Crippen molar-refractivity contribution >= 4 is 5.71 Å². The summed E-state index contributed by atoms with van der Waals surface area (Å²) in [5, 5.41) is 3.18. The third-order valence-corrected chi connectivity index (χ3v) is 3.26. The van der Waals surface area contributed by atoms with Crippen LogP contribution in [0, 0.1) is 0 Å². The lowest BCUT2D eigenvalue weighted by Crippen LogP contribution is -2.11. The first-order chi connectivity index (χ1) is 9.69. The Morgan fingerprint density at radius 1 is 0.950 bits per heavy atom. The summed E-state index contributed by atoms with van der Waals surface area (Å²) in [6, 6.07) is 21.0. The topological polar surface area (TPSA) is 24.4 Å². The Morgan fingerprint density at radius 3 is 1.90 bits per heavy atom. The van der Waals surface area contributed by atoms with Gasteiger partial charge in [-0.2, -0.15) is 0 Å². The highest BCUT2D eigenvalue weighted by molar-refractivity contribution is 5.98. The molecule has 0 radical (unpaired) electrons. The van der Waals surface area contributed by atoms with Crippen molar-refractivity contribution in [3.63, 3.8) is 0 Å². The highest BCUT2D eigenvalue weighted by Crippen LogP contribution is 2.09. The molecule has 0 aromatic heterocycles. The predicted molar refractivity (Wildman–Crippen MR) is 88.5 cm³/mol. The van der Waals surface area contributed by atoms with Crippen LogP contribution in [0.2, 0.25) is 0 Å². The molecule has 20 heavy (non-hydrogen) atoms. The van der Waals surface area contributed by atoms with Gasteiger partial charge in [0.05, 0.1) is 0 Å². The molecular formula is C18H24N2. The van der Waals surface area contributed by atoms with E-state index in [1.165, 1.54) is 11.1 Å². The molecule has 2 aromatic rings. The molecule has 0 amide bonds. The number of benzene rings is 2. The molecule has 1 N–H and O–H groups in total. The van der Waals surface area contributed by atoms with Crippen LogP contribution < -0.4 is 5.32 Å². The van der Waals surface area contributed by atoms with Gasteiger partial charge in [-0.1, -0.05) is 60.7 Å². The molecule has 0 aliphatic carbocycles. The van der Waals surface area contributed by atoms with Crippen molar-refractivity contribution < 1.29 is 0 Å². The molecular weight excluding hydrogens is 244 g/mol. The van der Waals surface area contributed by atoms with Crippen molar-refractivity contribution in [2.45, 2.75) is 19.9 Å². The van der Waals surface area contributed by atoms with E-state index in [1.807, 2.05) is 45.3 Å². The highest BCUT2D eigenvalue weighted by atomic mass is 14.8. The summed E-state index contributed by atoms with van der Waals surface area (Å²) < 4.78 is 0. The molecule has 0 aliphatic heterocycles. The van der Waals surface area contributed by atoms with Crippen LogP contribution in [-0.2, 0) is 0 Å². The van der Waals surface area contributed by atoms with E-state index in [4.69, 9.17) is 0 Å². The quantitative estimate of drug-likeness (QED) is 0.833. The SMILES string of the molecule is CN=C(C)c1ccccc1.CNC(C)c1ccccc1. The Labute approximate surface area is 122 Å². The van der Waals surface area contributed by atoms with Gasteiger partial charge in [0.15, 0.2) is 0 Å². The van der Waals surface area contributed by atoms with Gasteiger partial charge >= 0.3 is 0 Å². The van der Waals surface area contributed by atoms with E-state index in [9.17, 15) is 0 Å². The second kappa shape index (κ2) is 9.05. The monoisotopic (exact) mass is 268 g/mol. The maximum Gasteiger partial charge on any atom is 0.0386 e. The predicted octanol–water partition coefficient (Wildman–Crippen LogP) is 4.09. The number of hydrogen-bond donors (Lipinski definition) is 1. The van der Waals surface area contributed by atoms with Crippen molar-refractivity contribution in [1.29, 1.82) is 0 Å². The molecule has 1 atom stereocenters. The van der Waals surface area contributed by atoms with Gasteiger partial charge < -0.3 is 5.32 Å². The lowest BCUT2D eigenvalue weighted by molar-refractivity contribution is 0.652. The molecule has 1 unspecified atom stereocenters. The number of hydrogen-bond acceptors (Lipinski definition) is 2. The lowest BCUT2D eigenvalue weighted by Gasteiger charge is -2.08. The fraction of sp³-hybridized carbons (Fsp3) is 0.278. The molecule has 2 heteroatoms. The molecule has 106 valence electrons. The van der Waals surface area contributed by atoms with Gasteiger partial charge in [0.2, 0.25) is 0 Å². The first kappa shape index (κ1) is 16.1. The molecule has 0 spiro atoms. The lowest BCUT2D eigenvalue weighted by atomic mass is 10.1. The molecule has 0 fully saturated rings. The number of nitrogens with one attached hydrogen (secondary N) is 1. The van der Waals surface area contributed by atoms with E-state index < -0.39 is 0 Å². The third-order valence-electron chi connectivity index (χ3n) is 3.26. The zero-order valence-corrected chi connectivity index (χ0v) is 12.8. The summed E-state index contributed by atoms with van der Waals surface area (Å²) in [6.45, 7) is 4.16. The minimum atomic E-state index is 0.459. The summed E-state index contributed by atoms with van der Waals surface area (Å²) in [5.41, 5.74) is 3.62. The minimum absolute atomic E-state index is 0.459. The van der Waals surface area contributed by atoms with E-state index in [0.29, 0.717) is 6.04 Å². The van der Waals surface area contributed by atoms with E-state index in [-0.39, 0.29) is 0 Å². The second-order valence-corrected chi connectivity index (χ2v) is 4.60. The highest BCUT2D eigenvalue weighted by Gasteiger charge is 1.97.